The highest BCUT2D eigenvalue weighted by Crippen LogP contribution is 2.31. The van der Waals surface area contributed by atoms with Crippen LogP contribution in [0, 0.1) is 16.0 Å². The largest absolute Gasteiger partial charge is 0.454 e. The quantitative estimate of drug-likeness (QED) is 0.328. The van der Waals surface area contributed by atoms with Gasteiger partial charge in [0.25, 0.3) is 5.69 Å². The molecular formula is C21H22N2O5. The van der Waals surface area contributed by atoms with Crippen molar-refractivity contribution in [3.8, 4) is 0 Å². The zero-order valence-corrected chi connectivity index (χ0v) is 15.6. The van der Waals surface area contributed by atoms with Crippen molar-refractivity contribution in [2.75, 3.05) is 18.0 Å². The average Bonchev–Trinajstić information content (AvgIpc) is 2.73. The number of esters is 1. The summed E-state index contributed by atoms with van der Waals surface area (Å²) in [5.41, 5.74) is 1.13. The van der Waals surface area contributed by atoms with Crippen molar-refractivity contribution in [3.63, 3.8) is 0 Å². The molecule has 0 aliphatic carbocycles. The van der Waals surface area contributed by atoms with Gasteiger partial charge in [0.15, 0.2) is 6.10 Å². The van der Waals surface area contributed by atoms with Crippen molar-refractivity contribution < 1.29 is 19.2 Å². The topological polar surface area (TPSA) is 89.8 Å². The van der Waals surface area contributed by atoms with E-state index in [4.69, 9.17) is 4.74 Å². The zero-order valence-electron chi connectivity index (χ0n) is 15.6. The fraction of sp³-hybridized carbons (Fsp3) is 0.333. The van der Waals surface area contributed by atoms with Gasteiger partial charge < -0.3 is 9.64 Å². The first-order valence-electron chi connectivity index (χ1n) is 9.25. The third kappa shape index (κ3) is 4.36. The number of hydrogen-bond donors (Lipinski definition) is 0. The lowest BCUT2D eigenvalue weighted by atomic mass is 9.96. The standard InChI is InChI=1S/C21H22N2O5/c1-15(20(24)16-7-3-2-4-8-16)28-21(25)17-11-13-22(14-12-17)18-9-5-6-10-19(18)23(26)27/h2-10,15,17H,11-14H2,1H3. The molecule has 0 N–H and O–H groups in total. The molecule has 0 bridgehead atoms. The first-order chi connectivity index (χ1) is 13.5. The van der Waals surface area contributed by atoms with Crippen molar-refractivity contribution in [3.05, 3.63) is 70.3 Å². The van der Waals surface area contributed by atoms with Crippen molar-refractivity contribution in [2.24, 2.45) is 5.92 Å². The van der Waals surface area contributed by atoms with E-state index in [1.807, 2.05) is 11.0 Å². The van der Waals surface area contributed by atoms with Gasteiger partial charge in [0.2, 0.25) is 5.78 Å². The number of carbonyl (C=O) groups excluding carboxylic acids is 2. The van der Waals surface area contributed by atoms with Crippen LogP contribution < -0.4 is 4.90 Å². The summed E-state index contributed by atoms with van der Waals surface area (Å²) in [5.74, 6) is -0.935. The minimum absolute atomic E-state index is 0.0607. The van der Waals surface area contributed by atoms with E-state index in [1.165, 1.54) is 6.07 Å². The molecule has 3 rings (SSSR count). The molecule has 7 heteroatoms. The van der Waals surface area contributed by atoms with E-state index >= 15 is 0 Å². The van der Waals surface area contributed by atoms with Crippen LogP contribution in [-0.4, -0.2) is 35.9 Å². The van der Waals surface area contributed by atoms with Gasteiger partial charge in [-0.1, -0.05) is 42.5 Å². The van der Waals surface area contributed by atoms with E-state index in [1.54, 1.807) is 49.4 Å². The summed E-state index contributed by atoms with van der Waals surface area (Å²) in [6, 6.07) is 15.3. The van der Waals surface area contributed by atoms with Crippen molar-refractivity contribution in [1.29, 1.82) is 0 Å². The van der Waals surface area contributed by atoms with E-state index in [9.17, 15) is 19.7 Å². The molecule has 1 aliphatic rings. The molecule has 1 fully saturated rings. The van der Waals surface area contributed by atoms with Gasteiger partial charge in [0.1, 0.15) is 5.69 Å². The molecule has 0 radical (unpaired) electrons. The highest BCUT2D eigenvalue weighted by molar-refractivity contribution is 6.00. The molecule has 7 nitrogen and oxygen atoms in total. The first kappa shape index (κ1) is 19.5. The van der Waals surface area contributed by atoms with Gasteiger partial charge in [-0.15, -0.1) is 0 Å². The first-order valence-corrected chi connectivity index (χ1v) is 9.25. The van der Waals surface area contributed by atoms with Gasteiger partial charge in [-0.3, -0.25) is 19.7 Å². The fourth-order valence-corrected chi connectivity index (χ4v) is 3.40. The minimum Gasteiger partial charge on any atom is -0.454 e. The van der Waals surface area contributed by atoms with E-state index in [0.29, 0.717) is 37.2 Å². The number of para-hydroxylation sites is 2. The van der Waals surface area contributed by atoms with Crippen LogP contribution in [0.25, 0.3) is 0 Å². The summed E-state index contributed by atoms with van der Waals surface area (Å²) in [7, 11) is 0. The van der Waals surface area contributed by atoms with E-state index < -0.39 is 11.0 Å². The highest BCUT2D eigenvalue weighted by Gasteiger charge is 2.31. The predicted molar refractivity (Wildman–Crippen MR) is 104 cm³/mol. The molecule has 0 spiro atoms. The number of Topliss-reactive ketones (excluding diaryl/α,β-unsaturated/α-hetero) is 1. The number of rotatable bonds is 6. The highest BCUT2D eigenvalue weighted by atomic mass is 16.6. The minimum atomic E-state index is -0.844. The zero-order chi connectivity index (χ0) is 20.1. The second-order valence-electron chi connectivity index (χ2n) is 6.82. The number of nitrogens with zero attached hydrogens (tertiary/aromatic N) is 2. The third-order valence-electron chi connectivity index (χ3n) is 4.97. The van der Waals surface area contributed by atoms with Gasteiger partial charge in [0.05, 0.1) is 10.8 Å². The Morgan fingerprint density at radius 1 is 1.07 bits per heavy atom. The van der Waals surface area contributed by atoms with E-state index in [-0.39, 0.29) is 23.4 Å². The molecule has 2 aromatic rings. The Bertz CT molecular complexity index is 860. The number of anilines is 1. The summed E-state index contributed by atoms with van der Waals surface area (Å²) in [4.78, 5) is 37.5. The molecular weight excluding hydrogens is 360 g/mol. The predicted octanol–water partition coefficient (Wildman–Crippen LogP) is 3.63. The average molecular weight is 382 g/mol. The summed E-state index contributed by atoms with van der Waals surface area (Å²) in [6.07, 6.45) is 0.206. The molecule has 28 heavy (non-hydrogen) atoms. The van der Waals surface area contributed by atoms with E-state index in [2.05, 4.69) is 0 Å². The summed E-state index contributed by atoms with van der Waals surface area (Å²) >= 11 is 0. The van der Waals surface area contributed by atoms with Crippen LogP contribution in [-0.2, 0) is 9.53 Å². The van der Waals surface area contributed by atoms with Crippen molar-refractivity contribution in [2.45, 2.75) is 25.9 Å². The van der Waals surface area contributed by atoms with Crippen LogP contribution in [0.15, 0.2) is 54.6 Å². The molecule has 1 saturated heterocycles. The van der Waals surface area contributed by atoms with Gasteiger partial charge >= 0.3 is 5.97 Å². The Morgan fingerprint density at radius 3 is 2.32 bits per heavy atom. The summed E-state index contributed by atoms with van der Waals surface area (Å²) in [5, 5.41) is 11.2. The Kier molecular flexibility index (Phi) is 6.03. The molecule has 0 amide bonds. The summed E-state index contributed by atoms with van der Waals surface area (Å²) in [6.45, 7) is 2.62. The maximum absolute atomic E-state index is 12.5. The maximum atomic E-state index is 12.5. The van der Waals surface area contributed by atoms with Gasteiger partial charge in [-0.05, 0) is 25.8 Å². The normalized spacial score (nSPS) is 15.7. The molecule has 1 heterocycles. The number of ketones is 1. The second kappa shape index (κ2) is 8.65. The van der Waals surface area contributed by atoms with Gasteiger partial charge in [-0.25, -0.2) is 0 Å². The van der Waals surface area contributed by atoms with Crippen LogP contribution in [0.1, 0.15) is 30.1 Å². The third-order valence-corrected chi connectivity index (χ3v) is 4.97. The van der Waals surface area contributed by atoms with E-state index in [0.717, 1.165) is 0 Å². The molecule has 146 valence electrons. The van der Waals surface area contributed by atoms with Crippen LogP contribution in [0.2, 0.25) is 0 Å². The molecule has 0 saturated carbocycles. The Balaban J connectivity index is 1.57. The second-order valence-corrected chi connectivity index (χ2v) is 6.82. The number of carbonyl (C=O) groups is 2. The van der Waals surface area contributed by atoms with Gasteiger partial charge in [-0.2, -0.15) is 0 Å². The Morgan fingerprint density at radius 2 is 1.68 bits per heavy atom. The SMILES string of the molecule is CC(OC(=O)C1CCN(c2ccccc2[N+](=O)[O-])CC1)C(=O)c1ccccc1. The number of nitro groups is 1. The molecule has 0 aromatic heterocycles. The fourth-order valence-electron chi connectivity index (χ4n) is 3.40. The Hall–Kier alpha value is -3.22. The lowest BCUT2D eigenvalue weighted by Gasteiger charge is -2.32. The lowest BCUT2D eigenvalue weighted by molar-refractivity contribution is -0.384. The monoisotopic (exact) mass is 382 g/mol. The van der Waals surface area contributed by atoms with Crippen LogP contribution in [0.5, 0.6) is 0 Å². The molecule has 1 atom stereocenters. The summed E-state index contributed by atoms with van der Waals surface area (Å²) < 4.78 is 5.39. The van der Waals surface area contributed by atoms with Crippen LogP contribution in [0.3, 0.4) is 0 Å². The molecule has 1 aliphatic heterocycles. The van der Waals surface area contributed by atoms with Gasteiger partial charge in [0, 0.05) is 24.7 Å². The molecule has 2 aromatic carbocycles. The molecule has 1 unspecified atom stereocenters. The van der Waals surface area contributed by atoms with Crippen LogP contribution >= 0.6 is 0 Å². The number of piperidine rings is 1. The number of nitro benzene ring substituents is 1. The Labute approximate surface area is 163 Å². The number of benzene rings is 2. The van der Waals surface area contributed by atoms with Crippen molar-refractivity contribution >= 4 is 23.1 Å². The van der Waals surface area contributed by atoms with Crippen molar-refractivity contribution in [1.82, 2.24) is 0 Å². The lowest BCUT2D eigenvalue weighted by Crippen LogP contribution is -2.38. The number of ether oxygens (including phenoxy) is 1. The van der Waals surface area contributed by atoms with Crippen LogP contribution in [0.4, 0.5) is 11.4 Å². The smallest absolute Gasteiger partial charge is 0.309 e. The number of hydrogen-bond acceptors (Lipinski definition) is 6. The maximum Gasteiger partial charge on any atom is 0.309 e.